The number of imide groups is 1. The van der Waals surface area contributed by atoms with Crippen LogP contribution < -0.4 is 14.8 Å². The number of fused-ring (bicyclic) bond motifs is 1. The Morgan fingerprint density at radius 3 is 2.30 bits per heavy atom. The molecular weight excluding hydrogens is 294 g/mol. The Morgan fingerprint density at radius 2 is 1.61 bits per heavy atom. The highest BCUT2D eigenvalue weighted by molar-refractivity contribution is 6.34. The first-order chi connectivity index (χ1) is 11.2. The van der Waals surface area contributed by atoms with Gasteiger partial charge in [-0.15, -0.1) is 0 Å². The number of rotatable bonds is 3. The average Bonchev–Trinajstić information content (AvgIpc) is 2.58. The second-order valence-electron chi connectivity index (χ2n) is 4.97. The maximum absolute atomic E-state index is 12.3. The maximum atomic E-state index is 12.3. The lowest BCUT2D eigenvalue weighted by Crippen LogP contribution is -2.36. The molecule has 1 heterocycles. The molecule has 2 aromatic carbocycles. The largest absolute Gasteiger partial charge is 0.493 e. The first-order valence-corrected chi connectivity index (χ1v) is 7.03. The Kier molecular flexibility index (Phi) is 3.85. The highest BCUT2D eigenvalue weighted by Gasteiger charge is 2.27. The molecule has 0 spiro atoms. The number of carbonyl (C=O) groups excluding carboxylic acids is 2. The Hall–Kier alpha value is -3.08. The van der Waals surface area contributed by atoms with Crippen LogP contribution in [0, 0.1) is 0 Å². The summed E-state index contributed by atoms with van der Waals surface area (Å²) in [4.78, 5) is 24.2. The Morgan fingerprint density at radius 1 is 0.870 bits per heavy atom. The third kappa shape index (κ3) is 2.57. The van der Waals surface area contributed by atoms with Crippen molar-refractivity contribution in [3.63, 3.8) is 0 Å². The van der Waals surface area contributed by atoms with Crippen molar-refractivity contribution in [2.24, 2.45) is 0 Å². The smallest absolute Gasteiger partial charge is 0.258 e. The lowest BCUT2D eigenvalue weighted by molar-refractivity contribution is -0.114. The van der Waals surface area contributed by atoms with Gasteiger partial charge in [-0.25, -0.2) is 0 Å². The molecule has 1 aliphatic heterocycles. The summed E-state index contributed by atoms with van der Waals surface area (Å²) in [5, 5.41) is 2.35. The van der Waals surface area contributed by atoms with Crippen LogP contribution in [0.15, 0.2) is 42.5 Å². The fourth-order valence-electron chi connectivity index (χ4n) is 2.60. The van der Waals surface area contributed by atoms with Gasteiger partial charge in [0.25, 0.3) is 11.8 Å². The van der Waals surface area contributed by atoms with Gasteiger partial charge in [-0.3, -0.25) is 14.9 Å². The Bertz CT molecular complexity index is 824. The lowest BCUT2D eigenvalue weighted by Gasteiger charge is -2.18. The van der Waals surface area contributed by atoms with Crippen LogP contribution in [0.4, 0.5) is 0 Å². The van der Waals surface area contributed by atoms with Gasteiger partial charge < -0.3 is 9.47 Å². The second kappa shape index (κ2) is 5.96. The van der Waals surface area contributed by atoms with Crippen molar-refractivity contribution in [2.75, 3.05) is 14.2 Å². The number of nitrogens with one attached hydrogen (secondary N) is 1. The fraction of sp³-hybridized carbons (Fsp3) is 0.111. The number of hydrogen-bond acceptors (Lipinski definition) is 4. The molecule has 2 aromatic rings. The quantitative estimate of drug-likeness (QED) is 0.699. The van der Waals surface area contributed by atoms with E-state index in [-0.39, 0.29) is 5.91 Å². The van der Waals surface area contributed by atoms with E-state index < -0.39 is 5.91 Å². The monoisotopic (exact) mass is 309 g/mol. The van der Waals surface area contributed by atoms with Crippen molar-refractivity contribution in [1.29, 1.82) is 0 Å². The van der Waals surface area contributed by atoms with Crippen LogP contribution in [0.2, 0.25) is 0 Å². The molecule has 23 heavy (non-hydrogen) atoms. The summed E-state index contributed by atoms with van der Waals surface area (Å²) >= 11 is 0. The molecule has 0 atom stereocenters. The minimum atomic E-state index is -0.432. The first-order valence-electron chi connectivity index (χ1n) is 7.03. The molecule has 3 rings (SSSR count). The molecule has 0 radical (unpaired) electrons. The third-order valence-corrected chi connectivity index (χ3v) is 3.67. The number of methoxy groups -OCH3 is 2. The number of amides is 2. The van der Waals surface area contributed by atoms with Crippen LogP contribution >= 0.6 is 0 Å². The summed E-state index contributed by atoms with van der Waals surface area (Å²) in [6, 6.07) is 12.4. The minimum absolute atomic E-state index is 0.389. The molecule has 0 saturated heterocycles. The standard InChI is InChI=1S/C18H15NO4/c1-22-15-9-5-6-11(16(15)23-2)10-14-12-7-3-4-8-13(12)17(20)19-18(14)21/h3-10H,1-2H3,(H,19,20,21). The number of para-hydroxylation sites is 1. The molecule has 0 aromatic heterocycles. The van der Waals surface area contributed by atoms with Crippen LogP contribution in [0.3, 0.4) is 0 Å². The molecule has 116 valence electrons. The summed E-state index contributed by atoms with van der Waals surface area (Å²) < 4.78 is 10.7. The number of hydrogen-bond donors (Lipinski definition) is 1. The molecule has 5 nitrogen and oxygen atoms in total. The van der Waals surface area contributed by atoms with Gasteiger partial charge in [0.2, 0.25) is 0 Å². The van der Waals surface area contributed by atoms with Crippen LogP contribution in [0.1, 0.15) is 21.5 Å². The molecule has 2 amide bonds. The highest BCUT2D eigenvalue weighted by atomic mass is 16.5. The van der Waals surface area contributed by atoms with Crippen LogP contribution in [0.25, 0.3) is 11.6 Å². The third-order valence-electron chi connectivity index (χ3n) is 3.67. The summed E-state index contributed by atoms with van der Waals surface area (Å²) in [5.74, 6) is 0.283. The van der Waals surface area contributed by atoms with Gasteiger partial charge in [0, 0.05) is 16.7 Å². The molecule has 1 aliphatic rings. The minimum Gasteiger partial charge on any atom is -0.493 e. The van der Waals surface area contributed by atoms with Gasteiger partial charge >= 0.3 is 0 Å². The predicted octanol–water partition coefficient (Wildman–Crippen LogP) is 2.51. The Labute approximate surface area is 133 Å². The van der Waals surface area contributed by atoms with E-state index in [9.17, 15) is 9.59 Å². The zero-order valence-electron chi connectivity index (χ0n) is 12.8. The van der Waals surface area contributed by atoms with Gasteiger partial charge in [-0.05, 0) is 23.8 Å². The topological polar surface area (TPSA) is 64.6 Å². The van der Waals surface area contributed by atoms with Crippen LogP contribution in [0.5, 0.6) is 11.5 Å². The van der Waals surface area contributed by atoms with E-state index in [0.717, 1.165) is 0 Å². The summed E-state index contributed by atoms with van der Waals surface area (Å²) in [5.41, 5.74) is 2.18. The average molecular weight is 309 g/mol. The highest BCUT2D eigenvalue weighted by Crippen LogP contribution is 2.34. The van der Waals surface area contributed by atoms with Gasteiger partial charge in [-0.1, -0.05) is 30.3 Å². The normalized spacial score (nSPS) is 15.1. The zero-order valence-corrected chi connectivity index (χ0v) is 12.8. The summed E-state index contributed by atoms with van der Waals surface area (Å²) in [6.07, 6.45) is 1.70. The van der Waals surface area contributed by atoms with Crippen LogP contribution in [-0.4, -0.2) is 26.0 Å². The number of carbonyl (C=O) groups is 2. The molecule has 5 heteroatoms. The molecule has 0 fully saturated rings. The SMILES string of the molecule is COc1cccc(C=C2C(=O)NC(=O)c3ccccc32)c1OC. The first kappa shape index (κ1) is 14.8. The Balaban J connectivity index is 2.19. The summed E-state index contributed by atoms with van der Waals surface area (Å²) in [7, 11) is 3.09. The van der Waals surface area contributed by atoms with Gasteiger partial charge in [0.05, 0.1) is 14.2 Å². The van der Waals surface area contributed by atoms with Gasteiger partial charge in [0.1, 0.15) is 0 Å². The van der Waals surface area contributed by atoms with Gasteiger partial charge in [0.15, 0.2) is 11.5 Å². The summed E-state index contributed by atoms with van der Waals surface area (Å²) in [6.45, 7) is 0. The van der Waals surface area contributed by atoms with Crippen molar-refractivity contribution < 1.29 is 19.1 Å². The van der Waals surface area contributed by atoms with E-state index in [1.54, 1.807) is 43.5 Å². The molecule has 0 bridgehead atoms. The second-order valence-corrected chi connectivity index (χ2v) is 4.97. The van der Waals surface area contributed by atoms with Crippen molar-refractivity contribution in [1.82, 2.24) is 5.32 Å². The number of ether oxygens (including phenoxy) is 2. The van der Waals surface area contributed by atoms with E-state index in [2.05, 4.69) is 5.32 Å². The molecule has 1 N–H and O–H groups in total. The van der Waals surface area contributed by atoms with Crippen molar-refractivity contribution >= 4 is 23.5 Å². The fourth-order valence-corrected chi connectivity index (χ4v) is 2.60. The van der Waals surface area contributed by atoms with E-state index in [4.69, 9.17) is 9.47 Å². The molecule has 0 unspecified atom stereocenters. The van der Waals surface area contributed by atoms with Crippen LogP contribution in [-0.2, 0) is 4.79 Å². The van der Waals surface area contributed by atoms with Crippen molar-refractivity contribution in [3.8, 4) is 11.5 Å². The zero-order chi connectivity index (χ0) is 16.4. The molecule has 0 aliphatic carbocycles. The van der Waals surface area contributed by atoms with E-state index in [1.807, 2.05) is 12.1 Å². The van der Waals surface area contributed by atoms with E-state index in [1.165, 1.54) is 7.11 Å². The maximum Gasteiger partial charge on any atom is 0.258 e. The van der Waals surface area contributed by atoms with E-state index in [0.29, 0.717) is 33.8 Å². The predicted molar refractivity (Wildman–Crippen MR) is 86.3 cm³/mol. The molecule has 0 saturated carbocycles. The van der Waals surface area contributed by atoms with Crippen molar-refractivity contribution in [2.45, 2.75) is 0 Å². The molecular formula is C18H15NO4. The van der Waals surface area contributed by atoms with Crippen molar-refractivity contribution in [3.05, 3.63) is 59.2 Å². The number of benzene rings is 2. The lowest BCUT2D eigenvalue weighted by atomic mass is 9.93. The van der Waals surface area contributed by atoms with Gasteiger partial charge in [-0.2, -0.15) is 0 Å². The van der Waals surface area contributed by atoms with E-state index >= 15 is 0 Å².